The molecule has 0 atom stereocenters. The molecule has 0 aliphatic rings. The van der Waals surface area contributed by atoms with Crippen LogP contribution in [0.5, 0.6) is 0 Å². The molecule has 0 aliphatic heterocycles. The second-order valence-electron chi connectivity index (χ2n) is 4.08. The Morgan fingerprint density at radius 1 is 0.889 bits per heavy atom. The molecule has 0 unspecified atom stereocenters. The third-order valence-electron chi connectivity index (χ3n) is 2.80. The summed E-state index contributed by atoms with van der Waals surface area (Å²) in [5, 5.41) is 0. The lowest BCUT2D eigenvalue weighted by atomic mass is 10.1. The zero-order chi connectivity index (χ0) is 13.0. The van der Waals surface area contributed by atoms with Crippen LogP contribution in [0.2, 0.25) is 0 Å². The highest BCUT2D eigenvalue weighted by Crippen LogP contribution is 2.15. The van der Waals surface area contributed by atoms with Crippen LogP contribution in [0, 0.1) is 0 Å². The van der Waals surface area contributed by atoms with Crippen LogP contribution in [-0.4, -0.2) is 14.2 Å². The average Bonchev–Trinajstić information content (AvgIpc) is 2.39. The van der Waals surface area contributed by atoms with Gasteiger partial charge in [0.15, 0.2) is 9.84 Å². The van der Waals surface area contributed by atoms with Crippen LogP contribution in [0.15, 0.2) is 59.5 Å². The largest absolute Gasteiger partial charge is 0.399 e. The van der Waals surface area contributed by atoms with Crippen LogP contribution in [-0.2, 0) is 16.3 Å². The van der Waals surface area contributed by atoms with Gasteiger partial charge in [0.2, 0.25) is 0 Å². The highest BCUT2D eigenvalue weighted by atomic mass is 32.2. The minimum Gasteiger partial charge on any atom is -0.399 e. The normalized spacial score (nSPS) is 11.3. The molecule has 0 saturated heterocycles. The number of hydrogen-bond acceptors (Lipinski definition) is 3. The zero-order valence-electron chi connectivity index (χ0n) is 9.91. The van der Waals surface area contributed by atoms with E-state index in [1.54, 1.807) is 36.4 Å². The van der Waals surface area contributed by atoms with Crippen molar-refractivity contribution in [2.75, 3.05) is 11.5 Å². The zero-order valence-corrected chi connectivity index (χ0v) is 10.7. The molecule has 2 N–H and O–H groups in total. The van der Waals surface area contributed by atoms with Crippen LogP contribution in [0.3, 0.4) is 0 Å². The third kappa shape index (κ3) is 2.90. The third-order valence-corrected chi connectivity index (χ3v) is 4.53. The lowest BCUT2D eigenvalue weighted by Gasteiger charge is -2.06. The number of aryl methyl sites for hydroxylation is 1. The van der Waals surface area contributed by atoms with Crippen LogP contribution >= 0.6 is 0 Å². The number of nitrogens with two attached hydrogens (primary N) is 1. The number of sulfone groups is 1. The fourth-order valence-electron chi connectivity index (χ4n) is 1.75. The van der Waals surface area contributed by atoms with E-state index in [0.717, 1.165) is 5.56 Å². The van der Waals surface area contributed by atoms with Crippen molar-refractivity contribution >= 4 is 15.5 Å². The molecule has 0 heterocycles. The molecule has 2 rings (SSSR count). The second kappa shape index (κ2) is 5.23. The lowest BCUT2D eigenvalue weighted by molar-refractivity contribution is 0.595. The number of nitrogen functional groups attached to an aromatic ring is 1. The van der Waals surface area contributed by atoms with E-state index in [2.05, 4.69) is 0 Å². The Morgan fingerprint density at radius 2 is 1.50 bits per heavy atom. The number of para-hydroxylation sites is 1. The number of benzene rings is 2. The molecule has 0 radical (unpaired) electrons. The Kier molecular flexibility index (Phi) is 3.67. The van der Waals surface area contributed by atoms with Crippen molar-refractivity contribution in [3.05, 3.63) is 60.2 Å². The van der Waals surface area contributed by atoms with Crippen LogP contribution in [0.4, 0.5) is 5.69 Å². The highest BCUT2D eigenvalue weighted by Gasteiger charge is 2.14. The minimum atomic E-state index is -3.23. The monoisotopic (exact) mass is 261 g/mol. The first-order valence-electron chi connectivity index (χ1n) is 5.71. The summed E-state index contributed by atoms with van der Waals surface area (Å²) in [5.74, 6) is 0.0746. The standard InChI is InChI=1S/C14H15NO2S/c15-14-9-5-4-6-12(14)10-11-18(16,17)13-7-2-1-3-8-13/h1-9H,10-11,15H2. The molecule has 3 nitrogen and oxygen atoms in total. The van der Waals surface area contributed by atoms with E-state index in [-0.39, 0.29) is 5.75 Å². The lowest BCUT2D eigenvalue weighted by Crippen LogP contribution is -2.10. The molecule has 2 aromatic rings. The SMILES string of the molecule is Nc1ccccc1CCS(=O)(=O)c1ccccc1. The van der Waals surface area contributed by atoms with Gasteiger partial charge in [0.25, 0.3) is 0 Å². The first kappa shape index (κ1) is 12.6. The van der Waals surface area contributed by atoms with Gasteiger partial charge in [-0.3, -0.25) is 0 Å². The summed E-state index contributed by atoms with van der Waals surface area (Å²) in [6, 6.07) is 15.8. The molecule has 0 aromatic heterocycles. The van der Waals surface area contributed by atoms with Crippen molar-refractivity contribution in [1.82, 2.24) is 0 Å². The second-order valence-corrected chi connectivity index (χ2v) is 6.19. The Labute approximate surface area is 107 Å². The van der Waals surface area contributed by atoms with Gasteiger partial charge < -0.3 is 5.73 Å². The number of anilines is 1. The van der Waals surface area contributed by atoms with E-state index in [1.165, 1.54) is 0 Å². The summed E-state index contributed by atoms with van der Waals surface area (Å²) < 4.78 is 24.2. The summed E-state index contributed by atoms with van der Waals surface area (Å²) in [4.78, 5) is 0.361. The first-order valence-corrected chi connectivity index (χ1v) is 7.36. The van der Waals surface area contributed by atoms with Gasteiger partial charge in [-0.25, -0.2) is 8.42 Å². The van der Waals surface area contributed by atoms with Gasteiger partial charge in [0, 0.05) is 5.69 Å². The molecule has 4 heteroatoms. The van der Waals surface area contributed by atoms with Crippen molar-refractivity contribution < 1.29 is 8.42 Å². The van der Waals surface area contributed by atoms with Gasteiger partial charge in [-0.1, -0.05) is 36.4 Å². The van der Waals surface area contributed by atoms with Crippen molar-refractivity contribution in [1.29, 1.82) is 0 Å². The maximum atomic E-state index is 12.1. The topological polar surface area (TPSA) is 60.2 Å². The van der Waals surface area contributed by atoms with Crippen molar-refractivity contribution in [2.24, 2.45) is 0 Å². The van der Waals surface area contributed by atoms with Crippen molar-refractivity contribution in [3.8, 4) is 0 Å². The van der Waals surface area contributed by atoms with E-state index < -0.39 is 9.84 Å². The van der Waals surface area contributed by atoms with Gasteiger partial charge in [0.1, 0.15) is 0 Å². The first-order chi connectivity index (χ1) is 8.59. The molecule has 0 fully saturated rings. The number of rotatable bonds is 4. The molecular formula is C14H15NO2S. The minimum absolute atomic E-state index is 0.0746. The fourth-order valence-corrected chi connectivity index (χ4v) is 3.05. The summed E-state index contributed by atoms with van der Waals surface area (Å²) in [6.07, 6.45) is 0.434. The summed E-state index contributed by atoms with van der Waals surface area (Å²) >= 11 is 0. The Balaban J connectivity index is 2.14. The van der Waals surface area contributed by atoms with Gasteiger partial charge >= 0.3 is 0 Å². The van der Waals surface area contributed by atoms with E-state index in [4.69, 9.17) is 5.73 Å². The number of hydrogen-bond donors (Lipinski definition) is 1. The van der Waals surface area contributed by atoms with Gasteiger partial charge in [-0.05, 0) is 30.2 Å². The van der Waals surface area contributed by atoms with Crippen molar-refractivity contribution in [3.63, 3.8) is 0 Å². The molecule has 94 valence electrons. The smallest absolute Gasteiger partial charge is 0.178 e. The van der Waals surface area contributed by atoms with Gasteiger partial charge in [-0.15, -0.1) is 0 Å². The molecule has 2 aromatic carbocycles. The van der Waals surface area contributed by atoms with E-state index in [0.29, 0.717) is 17.0 Å². The van der Waals surface area contributed by atoms with E-state index >= 15 is 0 Å². The van der Waals surface area contributed by atoms with Gasteiger partial charge in [-0.2, -0.15) is 0 Å². The Morgan fingerprint density at radius 3 is 2.17 bits per heavy atom. The molecule has 0 amide bonds. The fraction of sp³-hybridized carbons (Fsp3) is 0.143. The molecule has 0 aliphatic carbocycles. The summed E-state index contributed by atoms with van der Waals surface area (Å²) in [6.45, 7) is 0. The molecule has 18 heavy (non-hydrogen) atoms. The summed E-state index contributed by atoms with van der Waals surface area (Å²) in [5.41, 5.74) is 7.31. The maximum absolute atomic E-state index is 12.1. The molecule has 0 saturated carbocycles. The van der Waals surface area contributed by atoms with Crippen molar-refractivity contribution in [2.45, 2.75) is 11.3 Å². The molecular weight excluding hydrogens is 246 g/mol. The van der Waals surface area contributed by atoms with Crippen LogP contribution in [0.1, 0.15) is 5.56 Å². The molecule has 0 spiro atoms. The Bertz CT molecular complexity index is 621. The van der Waals surface area contributed by atoms with Crippen LogP contribution < -0.4 is 5.73 Å². The summed E-state index contributed by atoms with van der Waals surface area (Å²) in [7, 11) is -3.23. The van der Waals surface area contributed by atoms with Gasteiger partial charge in [0.05, 0.1) is 10.6 Å². The average molecular weight is 261 g/mol. The molecule has 0 bridgehead atoms. The highest BCUT2D eigenvalue weighted by molar-refractivity contribution is 7.91. The Hall–Kier alpha value is -1.81. The predicted octanol–water partition coefficient (Wildman–Crippen LogP) is 2.29. The predicted molar refractivity (Wildman–Crippen MR) is 73.1 cm³/mol. The van der Waals surface area contributed by atoms with Crippen LogP contribution in [0.25, 0.3) is 0 Å². The quantitative estimate of drug-likeness (QED) is 0.859. The van der Waals surface area contributed by atoms with E-state index in [9.17, 15) is 8.42 Å². The maximum Gasteiger partial charge on any atom is 0.178 e. The van der Waals surface area contributed by atoms with E-state index in [1.807, 2.05) is 18.2 Å².